The number of thioether (sulfide) groups is 1. The van der Waals surface area contributed by atoms with Gasteiger partial charge in [-0.3, -0.25) is 4.79 Å². The molecule has 1 saturated heterocycles. The Bertz CT molecular complexity index is 469. The molecule has 1 aliphatic heterocycles. The monoisotopic (exact) mass is 296 g/mol. The Labute approximate surface area is 122 Å². The fraction of sp³-hybridized carbons (Fsp3) is 0.667. The number of carbonyl (C=O) groups excluding carboxylic acids is 1. The van der Waals surface area contributed by atoms with Crippen LogP contribution in [0.5, 0.6) is 0 Å². The highest BCUT2D eigenvalue weighted by atomic mass is 32.2. The average Bonchev–Trinajstić information content (AvgIpc) is 2.37. The summed E-state index contributed by atoms with van der Waals surface area (Å²) in [5, 5.41) is 0.130. The number of nitrogen functional groups attached to an aromatic ring is 2. The molecule has 4 N–H and O–H groups in total. The third-order valence-corrected chi connectivity index (χ3v) is 4.32. The van der Waals surface area contributed by atoms with E-state index in [1.54, 1.807) is 0 Å². The van der Waals surface area contributed by atoms with Crippen molar-refractivity contribution in [1.82, 2.24) is 19.9 Å². The lowest BCUT2D eigenvalue weighted by atomic mass is 9.99. The summed E-state index contributed by atoms with van der Waals surface area (Å²) in [4.78, 5) is 25.9. The molecule has 1 atom stereocenters. The van der Waals surface area contributed by atoms with Crippen LogP contribution in [0.15, 0.2) is 5.16 Å². The van der Waals surface area contributed by atoms with E-state index in [1.165, 1.54) is 11.8 Å². The van der Waals surface area contributed by atoms with Crippen molar-refractivity contribution in [3.63, 3.8) is 0 Å². The summed E-state index contributed by atoms with van der Waals surface area (Å²) in [7, 11) is 0. The molecule has 2 rings (SSSR count). The van der Waals surface area contributed by atoms with Crippen LogP contribution in [0.25, 0.3) is 0 Å². The number of rotatable bonds is 3. The molecule has 0 spiro atoms. The smallest absolute Gasteiger partial charge is 0.235 e. The zero-order valence-electron chi connectivity index (χ0n) is 11.7. The highest BCUT2D eigenvalue weighted by Crippen LogP contribution is 2.24. The summed E-state index contributed by atoms with van der Waals surface area (Å²) in [5.41, 5.74) is 11.0. The number of hydrogen-bond acceptors (Lipinski definition) is 7. The molecule has 1 fully saturated rings. The van der Waals surface area contributed by atoms with Gasteiger partial charge in [0.15, 0.2) is 5.16 Å². The summed E-state index contributed by atoms with van der Waals surface area (Å²) >= 11 is 1.26. The molecule has 0 aliphatic carbocycles. The minimum absolute atomic E-state index is 0.0754. The molecule has 7 nitrogen and oxygen atoms in total. The Hall–Kier alpha value is -1.57. The Morgan fingerprint density at radius 2 is 1.80 bits per heavy atom. The fourth-order valence-corrected chi connectivity index (χ4v) is 2.99. The van der Waals surface area contributed by atoms with Crippen LogP contribution in [0.1, 0.15) is 26.7 Å². The number of anilines is 2. The van der Waals surface area contributed by atoms with E-state index in [1.807, 2.05) is 11.8 Å². The molecule has 0 saturated carbocycles. The summed E-state index contributed by atoms with van der Waals surface area (Å²) in [6, 6.07) is 0. The van der Waals surface area contributed by atoms with Crippen molar-refractivity contribution in [3.05, 3.63) is 0 Å². The summed E-state index contributed by atoms with van der Waals surface area (Å²) in [6.07, 6.45) is 2.13. The molecule has 8 heteroatoms. The van der Waals surface area contributed by atoms with Gasteiger partial charge < -0.3 is 16.4 Å². The molecular formula is C12H20N6OS. The predicted molar refractivity (Wildman–Crippen MR) is 78.9 cm³/mol. The van der Waals surface area contributed by atoms with Crippen molar-refractivity contribution in [2.75, 3.05) is 24.6 Å². The number of aromatic nitrogens is 3. The van der Waals surface area contributed by atoms with Gasteiger partial charge in [0.25, 0.3) is 0 Å². The molecule has 1 aromatic heterocycles. The molecule has 1 aliphatic rings. The maximum atomic E-state index is 12.4. The lowest BCUT2D eigenvalue weighted by molar-refractivity contribution is -0.131. The molecule has 20 heavy (non-hydrogen) atoms. The number of amides is 1. The number of piperidine rings is 1. The van der Waals surface area contributed by atoms with Gasteiger partial charge in [-0.05, 0) is 25.7 Å². The van der Waals surface area contributed by atoms with E-state index >= 15 is 0 Å². The highest BCUT2D eigenvalue weighted by Gasteiger charge is 2.25. The van der Waals surface area contributed by atoms with Crippen molar-refractivity contribution in [2.24, 2.45) is 5.92 Å². The van der Waals surface area contributed by atoms with Gasteiger partial charge in [0.05, 0.1) is 5.25 Å². The van der Waals surface area contributed by atoms with Crippen molar-refractivity contribution in [1.29, 1.82) is 0 Å². The average molecular weight is 296 g/mol. The number of likely N-dealkylation sites (tertiary alicyclic amines) is 1. The zero-order valence-corrected chi connectivity index (χ0v) is 12.6. The fourth-order valence-electron chi connectivity index (χ4n) is 2.14. The topological polar surface area (TPSA) is 111 Å². The quantitative estimate of drug-likeness (QED) is 0.792. The van der Waals surface area contributed by atoms with Crippen molar-refractivity contribution >= 4 is 29.6 Å². The third-order valence-electron chi connectivity index (χ3n) is 3.37. The van der Waals surface area contributed by atoms with Crippen molar-refractivity contribution < 1.29 is 4.79 Å². The normalized spacial score (nSPS) is 18.0. The second-order valence-corrected chi connectivity index (χ2v) is 6.41. The molecule has 2 heterocycles. The van der Waals surface area contributed by atoms with Crippen LogP contribution < -0.4 is 11.5 Å². The molecule has 0 unspecified atom stereocenters. The molecule has 0 radical (unpaired) electrons. The first-order valence-corrected chi connectivity index (χ1v) is 7.56. The summed E-state index contributed by atoms with van der Waals surface area (Å²) in [5.74, 6) is 0.961. The Kier molecular flexibility index (Phi) is 4.64. The minimum atomic E-state index is -0.260. The lowest BCUT2D eigenvalue weighted by Crippen LogP contribution is -2.41. The van der Waals surface area contributed by atoms with E-state index < -0.39 is 0 Å². The second-order valence-electron chi connectivity index (χ2n) is 5.10. The lowest BCUT2D eigenvalue weighted by Gasteiger charge is -2.31. The first-order valence-electron chi connectivity index (χ1n) is 6.68. The van der Waals surface area contributed by atoms with Crippen LogP contribution in [0, 0.1) is 5.92 Å². The van der Waals surface area contributed by atoms with Gasteiger partial charge >= 0.3 is 0 Å². The van der Waals surface area contributed by atoms with E-state index in [4.69, 9.17) is 11.5 Å². The van der Waals surface area contributed by atoms with Gasteiger partial charge in [0.2, 0.25) is 17.8 Å². The molecule has 1 aromatic rings. The maximum Gasteiger partial charge on any atom is 0.235 e. The number of carbonyl (C=O) groups is 1. The molecule has 0 bridgehead atoms. The van der Waals surface area contributed by atoms with E-state index in [9.17, 15) is 4.79 Å². The van der Waals surface area contributed by atoms with Gasteiger partial charge in [0.1, 0.15) is 0 Å². The number of nitrogens with two attached hydrogens (primary N) is 2. The third kappa shape index (κ3) is 3.72. The van der Waals surface area contributed by atoms with Gasteiger partial charge in [-0.2, -0.15) is 15.0 Å². The van der Waals surface area contributed by atoms with Crippen LogP contribution in [-0.4, -0.2) is 44.1 Å². The Morgan fingerprint density at radius 1 is 1.25 bits per heavy atom. The Balaban J connectivity index is 1.97. The van der Waals surface area contributed by atoms with Crippen LogP contribution >= 0.6 is 11.8 Å². The standard InChI is InChI=1S/C12H20N6OS/c1-7-3-5-18(6-4-7)9(19)8(2)20-12-16-10(13)15-11(14)17-12/h7-8H,3-6H2,1-2H3,(H4,13,14,15,16,17)/t8-/m0/s1. The van der Waals surface area contributed by atoms with Crippen molar-refractivity contribution in [2.45, 2.75) is 37.1 Å². The molecular weight excluding hydrogens is 276 g/mol. The minimum Gasteiger partial charge on any atom is -0.368 e. The van der Waals surface area contributed by atoms with Gasteiger partial charge in [0, 0.05) is 13.1 Å². The molecule has 1 amide bonds. The maximum absolute atomic E-state index is 12.4. The Morgan fingerprint density at radius 3 is 2.35 bits per heavy atom. The largest absolute Gasteiger partial charge is 0.368 e. The van der Waals surface area contributed by atoms with Crippen LogP contribution in [-0.2, 0) is 4.79 Å². The van der Waals surface area contributed by atoms with E-state index in [2.05, 4.69) is 21.9 Å². The van der Waals surface area contributed by atoms with Gasteiger partial charge in [-0.15, -0.1) is 0 Å². The van der Waals surface area contributed by atoms with Gasteiger partial charge in [-0.25, -0.2) is 0 Å². The van der Waals surface area contributed by atoms with Crippen LogP contribution in [0.2, 0.25) is 0 Å². The number of hydrogen-bond donors (Lipinski definition) is 2. The molecule has 110 valence electrons. The van der Waals surface area contributed by atoms with Gasteiger partial charge in [-0.1, -0.05) is 18.7 Å². The van der Waals surface area contributed by atoms with E-state index in [-0.39, 0.29) is 23.1 Å². The van der Waals surface area contributed by atoms with Crippen LogP contribution in [0.3, 0.4) is 0 Å². The SMILES string of the molecule is CC1CCN(C(=O)[C@H](C)Sc2nc(N)nc(N)n2)CC1. The first kappa shape index (κ1) is 14.8. The summed E-state index contributed by atoms with van der Waals surface area (Å²) < 4.78 is 0. The number of nitrogens with zero attached hydrogens (tertiary/aromatic N) is 4. The van der Waals surface area contributed by atoms with E-state index in [0.717, 1.165) is 25.9 Å². The molecule has 0 aromatic carbocycles. The highest BCUT2D eigenvalue weighted by molar-refractivity contribution is 8.00. The van der Waals surface area contributed by atoms with Crippen molar-refractivity contribution in [3.8, 4) is 0 Å². The van der Waals surface area contributed by atoms with E-state index in [0.29, 0.717) is 11.1 Å². The first-order chi connectivity index (χ1) is 9.45. The predicted octanol–water partition coefficient (Wildman–Crippen LogP) is 0.775. The van der Waals surface area contributed by atoms with Crippen LogP contribution in [0.4, 0.5) is 11.9 Å². The zero-order chi connectivity index (χ0) is 14.7. The summed E-state index contributed by atoms with van der Waals surface area (Å²) in [6.45, 7) is 5.72. The second kappa shape index (κ2) is 6.25.